The van der Waals surface area contributed by atoms with Crippen LogP contribution in [0.1, 0.15) is 21.9 Å². The molecule has 0 aliphatic rings. The van der Waals surface area contributed by atoms with Crippen molar-refractivity contribution in [2.24, 2.45) is 0 Å². The highest BCUT2D eigenvalue weighted by atomic mass is 35.5. The second-order valence-corrected chi connectivity index (χ2v) is 8.01. The Morgan fingerprint density at radius 1 is 1.12 bits per heavy atom. The van der Waals surface area contributed by atoms with Crippen LogP contribution >= 0.6 is 34.8 Å². The second kappa shape index (κ2) is 9.65. The number of hydrogen-bond donors (Lipinski definition) is 1. The third-order valence-corrected chi connectivity index (χ3v) is 5.11. The van der Waals surface area contributed by atoms with Gasteiger partial charge in [-0.05, 0) is 42.0 Å². The molecule has 10 heteroatoms. The number of hydrogen-bond acceptors (Lipinski definition) is 4. The first-order valence-electron chi connectivity index (χ1n) is 9.31. The van der Waals surface area contributed by atoms with Crippen molar-refractivity contribution in [2.45, 2.75) is 13.2 Å². The molecule has 2 heterocycles. The van der Waals surface area contributed by atoms with Gasteiger partial charge in [-0.25, -0.2) is 4.39 Å². The molecule has 2 aromatic heterocycles. The van der Waals surface area contributed by atoms with E-state index in [1.165, 1.54) is 36.5 Å². The fourth-order valence-electron chi connectivity index (χ4n) is 2.92. The number of nitrogens with one attached hydrogen (secondary N) is 1. The average molecular weight is 495 g/mol. The van der Waals surface area contributed by atoms with Crippen molar-refractivity contribution >= 4 is 46.4 Å². The van der Waals surface area contributed by atoms with Crippen LogP contribution in [-0.4, -0.2) is 15.7 Å². The van der Waals surface area contributed by atoms with Crippen molar-refractivity contribution < 1.29 is 18.3 Å². The Morgan fingerprint density at radius 2 is 1.91 bits per heavy atom. The van der Waals surface area contributed by atoms with E-state index in [0.29, 0.717) is 23.0 Å². The van der Waals surface area contributed by atoms with Crippen molar-refractivity contribution in [3.63, 3.8) is 0 Å². The maximum Gasteiger partial charge on any atom is 0.291 e. The van der Waals surface area contributed by atoms with Crippen molar-refractivity contribution in [1.82, 2.24) is 9.78 Å². The van der Waals surface area contributed by atoms with Crippen LogP contribution in [0.15, 0.2) is 65.3 Å². The number of amides is 1. The molecule has 0 saturated heterocycles. The minimum Gasteiger partial charge on any atom is -0.483 e. The minimum atomic E-state index is -0.455. The molecule has 32 heavy (non-hydrogen) atoms. The summed E-state index contributed by atoms with van der Waals surface area (Å²) in [6.45, 7) is 0.381. The molecule has 1 amide bonds. The molecule has 6 nitrogen and oxygen atoms in total. The van der Waals surface area contributed by atoms with Crippen LogP contribution < -0.4 is 10.1 Å². The Labute approximate surface area is 197 Å². The van der Waals surface area contributed by atoms with Crippen LogP contribution in [0.3, 0.4) is 0 Å². The van der Waals surface area contributed by atoms with Gasteiger partial charge in [0.2, 0.25) is 0 Å². The zero-order valence-corrected chi connectivity index (χ0v) is 18.6. The fourth-order valence-corrected chi connectivity index (χ4v) is 3.84. The first-order chi connectivity index (χ1) is 15.4. The van der Waals surface area contributed by atoms with Gasteiger partial charge < -0.3 is 14.5 Å². The van der Waals surface area contributed by atoms with E-state index in [9.17, 15) is 9.18 Å². The Hall–Kier alpha value is -3.00. The number of ether oxygens (including phenoxy) is 1. The third-order valence-electron chi connectivity index (χ3n) is 4.33. The summed E-state index contributed by atoms with van der Waals surface area (Å²) in [6, 6.07) is 12.4. The van der Waals surface area contributed by atoms with Crippen molar-refractivity contribution in [1.29, 1.82) is 0 Å². The van der Waals surface area contributed by atoms with Crippen LogP contribution in [0.2, 0.25) is 15.1 Å². The number of carbonyl (C=O) groups is 1. The van der Waals surface area contributed by atoms with Crippen LogP contribution in [0.4, 0.5) is 10.1 Å². The lowest BCUT2D eigenvalue weighted by atomic mass is 10.2. The zero-order valence-electron chi connectivity index (χ0n) is 16.3. The summed E-state index contributed by atoms with van der Waals surface area (Å²) in [5, 5.41) is 7.80. The smallest absolute Gasteiger partial charge is 0.291 e. The summed E-state index contributed by atoms with van der Waals surface area (Å²) in [7, 11) is 0. The Kier molecular flexibility index (Phi) is 6.69. The molecular formula is C22H15Cl3FN3O3. The monoisotopic (exact) mass is 493 g/mol. The Morgan fingerprint density at radius 3 is 2.66 bits per heavy atom. The van der Waals surface area contributed by atoms with Crippen molar-refractivity contribution in [2.75, 3.05) is 5.32 Å². The van der Waals surface area contributed by atoms with Gasteiger partial charge in [0, 0.05) is 11.2 Å². The zero-order chi connectivity index (χ0) is 22.7. The van der Waals surface area contributed by atoms with Crippen LogP contribution in [0.25, 0.3) is 0 Å². The summed E-state index contributed by atoms with van der Waals surface area (Å²) in [5.74, 6) is -0.00911. The van der Waals surface area contributed by atoms with Crippen molar-refractivity contribution in [3.8, 4) is 5.75 Å². The molecule has 0 bridgehead atoms. The van der Waals surface area contributed by atoms with Gasteiger partial charge in [0.05, 0.1) is 28.5 Å². The number of carbonyl (C=O) groups excluding carboxylic acids is 1. The topological polar surface area (TPSA) is 69.3 Å². The summed E-state index contributed by atoms with van der Waals surface area (Å²) in [5.41, 5.74) is 1.22. The summed E-state index contributed by atoms with van der Waals surface area (Å²) in [6.07, 6.45) is 3.13. The number of benzene rings is 2. The maximum absolute atomic E-state index is 13.3. The fraction of sp³-hybridized carbons (Fsp3) is 0.0909. The maximum atomic E-state index is 13.3. The summed E-state index contributed by atoms with van der Waals surface area (Å²) >= 11 is 18.1. The first kappa shape index (κ1) is 22.2. The van der Waals surface area contributed by atoms with E-state index in [1.54, 1.807) is 29.1 Å². The highest BCUT2D eigenvalue weighted by Gasteiger charge is 2.15. The van der Waals surface area contributed by atoms with E-state index in [2.05, 4.69) is 10.4 Å². The molecule has 0 saturated carbocycles. The molecular weight excluding hydrogens is 480 g/mol. The first-order valence-corrected chi connectivity index (χ1v) is 10.4. The molecule has 0 fully saturated rings. The van der Waals surface area contributed by atoms with Gasteiger partial charge in [-0.15, -0.1) is 0 Å². The molecule has 0 spiro atoms. The molecule has 1 N–H and O–H groups in total. The number of halogens is 4. The molecule has 4 aromatic rings. The van der Waals surface area contributed by atoms with Gasteiger partial charge in [0.25, 0.3) is 5.91 Å². The Balaban J connectivity index is 1.36. The normalized spacial score (nSPS) is 10.9. The average Bonchev–Trinajstić information content (AvgIpc) is 3.37. The van der Waals surface area contributed by atoms with Gasteiger partial charge in [0.15, 0.2) is 11.5 Å². The van der Waals surface area contributed by atoms with Gasteiger partial charge in [-0.2, -0.15) is 5.10 Å². The summed E-state index contributed by atoms with van der Waals surface area (Å²) in [4.78, 5) is 12.5. The Bertz CT molecular complexity index is 1250. The number of anilines is 1. The van der Waals surface area contributed by atoms with Crippen LogP contribution in [0.5, 0.6) is 5.75 Å². The molecule has 4 rings (SSSR count). The highest BCUT2D eigenvalue weighted by molar-refractivity contribution is 6.40. The molecule has 2 aromatic carbocycles. The highest BCUT2D eigenvalue weighted by Crippen LogP contribution is 2.36. The minimum absolute atomic E-state index is 0.0138. The number of rotatable bonds is 7. The summed E-state index contributed by atoms with van der Waals surface area (Å²) < 4.78 is 26.0. The molecule has 0 atom stereocenters. The molecule has 0 aliphatic heterocycles. The van der Waals surface area contributed by atoms with E-state index in [-0.39, 0.29) is 34.0 Å². The second-order valence-electron chi connectivity index (χ2n) is 6.76. The predicted octanol–water partition coefficient (Wildman–Crippen LogP) is 6.46. The lowest BCUT2D eigenvalue weighted by Gasteiger charge is -2.09. The predicted molar refractivity (Wildman–Crippen MR) is 120 cm³/mol. The number of aromatic nitrogens is 2. The van der Waals surface area contributed by atoms with E-state index in [0.717, 1.165) is 5.56 Å². The van der Waals surface area contributed by atoms with E-state index < -0.39 is 5.91 Å². The van der Waals surface area contributed by atoms with Crippen LogP contribution in [-0.2, 0) is 13.2 Å². The van der Waals surface area contributed by atoms with Gasteiger partial charge in [0.1, 0.15) is 18.2 Å². The van der Waals surface area contributed by atoms with Gasteiger partial charge >= 0.3 is 0 Å². The van der Waals surface area contributed by atoms with Gasteiger partial charge in [-0.1, -0.05) is 46.9 Å². The van der Waals surface area contributed by atoms with E-state index >= 15 is 0 Å². The lowest BCUT2D eigenvalue weighted by Crippen LogP contribution is -2.10. The molecule has 164 valence electrons. The number of nitrogens with zero attached hydrogens (tertiary/aromatic N) is 2. The van der Waals surface area contributed by atoms with Gasteiger partial charge in [-0.3, -0.25) is 9.48 Å². The lowest BCUT2D eigenvalue weighted by molar-refractivity contribution is 0.0992. The molecule has 0 aliphatic carbocycles. The standard InChI is InChI=1S/C22H15Cl3FN3O3/c23-14-7-18(24)21(19(25)8-14)31-12-17-4-5-20(32-17)22(30)28-16-9-27-29(11-16)10-13-2-1-3-15(26)6-13/h1-9,11H,10,12H2,(H,28,30). The number of furan rings is 1. The quantitative estimate of drug-likeness (QED) is 0.320. The molecule has 0 unspecified atom stereocenters. The van der Waals surface area contributed by atoms with Crippen LogP contribution in [0, 0.1) is 5.82 Å². The SMILES string of the molecule is O=C(Nc1cnn(Cc2cccc(F)c2)c1)c1ccc(COc2c(Cl)cc(Cl)cc2Cl)o1. The van der Waals surface area contributed by atoms with E-state index in [4.69, 9.17) is 44.0 Å². The van der Waals surface area contributed by atoms with E-state index in [1.807, 2.05) is 0 Å². The molecule has 0 radical (unpaired) electrons. The third kappa shape index (κ3) is 5.43. The van der Waals surface area contributed by atoms with Crippen molar-refractivity contribution in [3.05, 3.63) is 98.9 Å². The largest absolute Gasteiger partial charge is 0.483 e.